The predicted octanol–water partition coefficient (Wildman–Crippen LogP) is 3.59. The number of alkyl halides is 1. The first-order valence-corrected chi connectivity index (χ1v) is 10.2. The summed E-state index contributed by atoms with van der Waals surface area (Å²) in [6, 6.07) is 0. The molecule has 4 saturated carbocycles. The van der Waals surface area contributed by atoms with E-state index in [1.54, 1.807) is 0 Å². The second kappa shape index (κ2) is 5.76. The molecule has 0 heterocycles. The van der Waals surface area contributed by atoms with Crippen LogP contribution in [0.25, 0.3) is 0 Å². The van der Waals surface area contributed by atoms with E-state index < -0.39 is 17.2 Å². The quantitative estimate of drug-likeness (QED) is 0.720. The molecule has 0 amide bonds. The second-order valence-corrected chi connectivity index (χ2v) is 9.84. The van der Waals surface area contributed by atoms with Gasteiger partial charge in [0.1, 0.15) is 6.10 Å². The van der Waals surface area contributed by atoms with Crippen LogP contribution in [0.2, 0.25) is 0 Å². The molecule has 4 rings (SSSR count). The number of halogens is 1. The molecule has 146 valence electrons. The van der Waals surface area contributed by atoms with E-state index in [4.69, 9.17) is 4.74 Å². The van der Waals surface area contributed by atoms with Crippen molar-refractivity contribution < 1.29 is 23.8 Å². The van der Waals surface area contributed by atoms with Crippen LogP contribution in [0.4, 0.5) is 4.39 Å². The molecule has 0 aromatic carbocycles. The van der Waals surface area contributed by atoms with E-state index in [2.05, 4.69) is 6.92 Å². The van der Waals surface area contributed by atoms with Gasteiger partial charge in [-0.3, -0.25) is 9.59 Å². The van der Waals surface area contributed by atoms with Crippen LogP contribution in [0.15, 0.2) is 0 Å². The highest BCUT2D eigenvalue weighted by atomic mass is 19.1. The first kappa shape index (κ1) is 18.4. The van der Waals surface area contributed by atoms with E-state index in [1.165, 1.54) is 6.92 Å². The Labute approximate surface area is 154 Å². The van der Waals surface area contributed by atoms with Gasteiger partial charge in [-0.15, -0.1) is 0 Å². The third-order valence-electron chi connectivity index (χ3n) is 8.76. The number of ketones is 1. The van der Waals surface area contributed by atoms with Crippen molar-refractivity contribution in [2.45, 2.75) is 90.0 Å². The molecule has 0 radical (unpaired) electrons. The van der Waals surface area contributed by atoms with Crippen LogP contribution in [0.3, 0.4) is 0 Å². The highest BCUT2D eigenvalue weighted by molar-refractivity contribution is 5.90. The van der Waals surface area contributed by atoms with Gasteiger partial charge in [0.15, 0.2) is 11.5 Å². The van der Waals surface area contributed by atoms with Gasteiger partial charge < -0.3 is 9.84 Å². The summed E-state index contributed by atoms with van der Waals surface area (Å²) in [6.45, 7) is 5.61. The lowest BCUT2D eigenvalue weighted by atomic mass is 9.44. The molecule has 4 aliphatic carbocycles. The van der Waals surface area contributed by atoms with Gasteiger partial charge in [-0.1, -0.05) is 13.8 Å². The van der Waals surface area contributed by atoms with Gasteiger partial charge >= 0.3 is 5.97 Å². The maximum Gasteiger partial charge on any atom is 0.302 e. The Morgan fingerprint density at radius 1 is 1.15 bits per heavy atom. The number of aliphatic hydroxyl groups is 1. The number of ether oxygens (including phenoxy) is 1. The Bertz CT molecular complexity index is 636. The third kappa shape index (κ3) is 2.28. The van der Waals surface area contributed by atoms with Gasteiger partial charge in [0.25, 0.3) is 0 Å². The minimum atomic E-state index is -1.88. The van der Waals surface area contributed by atoms with Crippen LogP contribution in [0.5, 0.6) is 0 Å². The van der Waals surface area contributed by atoms with Gasteiger partial charge in [0, 0.05) is 30.6 Å². The molecule has 0 saturated heterocycles. The number of fused-ring (bicyclic) bond motifs is 5. The lowest BCUT2D eigenvalue weighted by molar-refractivity contribution is -0.194. The zero-order chi connectivity index (χ0) is 18.9. The van der Waals surface area contributed by atoms with Crippen molar-refractivity contribution in [3.05, 3.63) is 0 Å². The van der Waals surface area contributed by atoms with Gasteiger partial charge in [-0.2, -0.15) is 0 Å². The van der Waals surface area contributed by atoms with Gasteiger partial charge in [0.05, 0.1) is 6.10 Å². The normalized spacial score (nSPS) is 53.4. The first-order valence-electron chi connectivity index (χ1n) is 10.2. The number of rotatable bonds is 1. The summed E-state index contributed by atoms with van der Waals surface area (Å²) in [5.74, 6) is 0.107. The van der Waals surface area contributed by atoms with Crippen LogP contribution in [0.1, 0.15) is 72.1 Å². The topological polar surface area (TPSA) is 63.6 Å². The summed E-state index contributed by atoms with van der Waals surface area (Å²) in [5.41, 5.74) is -2.66. The maximum atomic E-state index is 15.9. The summed E-state index contributed by atoms with van der Waals surface area (Å²) in [4.78, 5) is 24.5. The molecular weight excluding hydrogens is 335 g/mol. The van der Waals surface area contributed by atoms with Crippen molar-refractivity contribution in [3.63, 3.8) is 0 Å². The van der Waals surface area contributed by atoms with Crippen LogP contribution in [-0.2, 0) is 14.3 Å². The second-order valence-electron chi connectivity index (χ2n) is 9.84. The van der Waals surface area contributed by atoms with Crippen LogP contribution in [-0.4, -0.2) is 34.7 Å². The van der Waals surface area contributed by atoms with Gasteiger partial charge in [0.2, 0.25) is 0 Å². The Morgan fingerprint density at radius 3 is 2.58 bits per heavy atom. The fourth-order valence-electron chi connectivity index (χ4n) is 7.32. The Morgan fingerprint density at radius 2 is 1.88 bits per heavy atom. The number of esters is 1. The van der Waals surface area contributed by atoms with Crippen molar-refractivity contribution in [2.24, 2.45) is 28.6 Å². The van der Waals surface area contributed by atoms with Crippen molar-refractivity contribution in [1.82, 2.24) is 0 Å². The van der Waals surface area contributed by atoms with E-state index in [9.17, 15) is 14.7 Å². The summed E-state index contributed by atoms with van der Waals surface area (Å²) >= 11 is 0. The minimum absolute atomic E-state index is 0.0381. The molecule has 4 aliphatic rings. The molecule has 0 spiro atoms. The smallest absolute Gasteiger partial charge is 0.302 e. The molecule has 4 fully saturated rings. The van der Waals surface area contributed by atoms with Crippen molar-refractivity contribution in [3.8, 4) is 0 Å². The fourth-order valence-corrected chi connectivity index (χ4v) is 7.32. The number of carbonyl (C=O) groups is 2. The summed E-state index contributed by atoms with van der Waals surface area (Å²) in [7, 11) is 0. The monoisotopic (exact) mass is 366 g/mol. The number of hydrogen-bond acceptors (Lipinski definition) is 4. The largest absolute Gasteiger partial charge is 0.462 e. The van der Waals surface area contributed by atoms with E-state index in [0.717, 1.165) is 25.7 Å². The van der Waals surface area contributed by atoms with Crippen LogP contribution >= 0.6 is 0 Å². The molecule has 2 unspecified atom stereocenters. The van der Waals surface area contributed by atoms with Crippen LogP contribution < -0.4 is 0 Å². The molecule has 0 aromatic heterocycles. The number of hydrogen-bond donors (Lipinski definition) is 1. The Hall–Kier alpha value is -0.970. The van der Waals surface area contributed by atoms with Gasteiger partial charge in [-0.05, 0) is 56.3 Å². The zero-order valence-corrected chi connectivity index (χ0v) is 16.1. The molecule has 26 heavy (non-hydrogen) atoms. The lowest BCUT2D eigenvalue weighted by Crippen LogP contribution is -2.65. The third-order valence-corrected chi connectivity index (χ3v) is 8.76. The molecule has 0 aromatic rings. The predicted molar refractivity (Wildman–Crippen MR) is 94.0 cm³/mol. The molecule has 0 aliphatic heterocycles. The molecule has 5 heteroatoms. The molecule has 8 atom stereocenters. The highest BCUT2D eigenvalue weighted by Gasteiger charge is 2.68. The number of Topliss-reactive ketones (excluding diaryl/α,β-unsaturated/α-hetero) is 1. The van der Waals surface area contributed by atoms with E-state index in [1.807, 2.05) is 6.92 Å². The number of aliphatic hydroxyl groups excluding tert-OH is 1. The molecular formula is C21H31FO4. The average molecular weight is 366 g/mol. The van der Waals surface area contributed by atoms with Crippen molar-refractivity contribution in [2.75, 3.05) is 0 Å². The molecule has 4 nitrogen and oxygen atoms in total. The van der Waals surface area contributed by atoms with E-state index in [0.29, 0.717) is 18.8 Å². The average Bonchev–Trinajstić information content (AvgIpc) is 2.87. The van der Waals surface area contributed by atoms with Crippen molar-refractivity contribution >= 4 is 11.8 Å². The SMILES string of the molecule is CC(=O)O[C@H]1CCC2[C@@H]3CC(=O)[C@@]4(F)C[C@@H](O)CC[C@]4(C)C3CC[C@@]21C. The van der Waals surface area contributed by atoms with Crippen molar-refractivity contribution in [1.29, 1.82) is 0 Å². The zero-order valence-electron chi connectivity index (χ0n) is 16.1. The Balaban J connectivity index is 1.66. The van der Waals surface area contributed by atoms with Crippen LogP contribution in [0, 0.1) is 28.6 Å². The number of carbonyl (C=O) groups excluding carboxylic acids is 2. The lowest BCUT2D eigenvalue weighted by Gasteiger charge is -2.61. The van der Waals surface area contributed by atoms with E-state index >= 15 is 4.39 Å². The standard InChI is InChI=1S/C21H31FO4/c1-12(23)26-18-5-4-15-14-10-17(25)21(22)11-13(24)6-9-20(21,3)16(14)7-8-19(15,18)2/h13-16,18,24H,4-11H2,1-3H3/t13-,14-,15?,16?,18-,19-,20+,21-/m0/s1. The molecule has 1 N–H and O–H groups in total. The summed E-state index contributed by atoms with van der Waals surface area (Å²) in [5, 5.41) is 10.0. The highest BCUT2D eigenvalue weighted by Crippen LogP contribution is 2.67. The summed E-state index contributed by atoms with van der Waals surface area (Å²) in [6.07, 6.45) is 4.18. The Kier molecular flexibility index (Phi) is 4.08. The summed E-state index contributed by atoms with van der Waals surface area (Å²) < 4.78 is 21.6. The molecule has 0 bridgehead atoms. The van der Waals surface area contributed by atoms with Gasteiger partial charge in [-0.25, -0.2) is 4.39 Å². The van der Waals surface area contributed by atoms with E-state index in [-0.39, 0.29) is 47.9 Å². The fraction of sp³-hybridized carbons (Fsp3) is 0.905. The maximum absolute atomic E-state index is 15.9. The first-order chi connectivity index (χ1) is 12.1. The minimum Gasteiger partial charge on any atom is -0.462 e.